The SMILES string of the molecule is CCN(C(=O)c1sc2nc(-c3ccco3)nc(C)c2c1C)c1ccccc1. The molecule has 0 bridgehead atoms. The van der Waals surface area contributed by atoms with Crippen LogP contribution in [-0.2, 0) is 0 Å². The summed E-state index contributed by atoms with van der Waals surface area (Å²) in [4.78, 5) is 25.8. The van der Waals surface area contributed by atoms with Gasteiger partial charge in [-0.2, -0.15) is 0 Å². The van der Waals surface area contributed by atoms with E-state index in [0.717, 1.165) is 27.2 Å². The zero-order valence-corrected chi connectivity index (χ0v) is 16.2. The molecule has 0 aliphatic carbocycles. The van der Waals surface area contributed by atoms with E-state index in [1.807, 2.05) is 63.2 Å². The van der Waals surface area contributed by atoms with Crippen LogP contribution in [0.4, 0.5) is 5.69 Å². The van der Waals surface area contributed by atoms with E-state index in [2.05, 4.69) is 9.97 Å². The van der Waals surface area contributed by atoms with Crippen molar-refractivity contribution in [2.45, 2.75) is 20.8 Å². The maximum atomic E-state index is 13.3. The van der Waals surface area contributed by atoms with Crippen LogP contribution in [0.25, 0.3) is 21.8 Å². The Morgan fingerprint density at radius 2 is 1.89 bits per heavy atom. The number of aryl methyl sites for hydroxylation is 2. The summed E-state index contributed by atoms with van der Waals surface area (Å²) in [7, 11) is 0. The van der Waals surface area contributed by atoms with Crippen LogP contribution in [-0.4, -0.2) is 22.4 Å². The number of nitrogens with zero attached hydrogens (tertiary/aromatic N) is 3. The smallest absolute Gasteiger partial charge is 0.268 e. The Balaban J connectivity index is 1.81. The van der Waals surface area contributed by atoms with Crippen LogP contribution >= 0.6 is 11.3 Å². The Hall–Kier alpha value is -2.99. The van der Waals surface area contributed by atoms with E-state index >= 15 is 0 Å². The molecule has 0 atom stereocenters. The molecule has 0 saturated heterocycles. The highest BCUT2D eigenvalue weighted by atomic mass is 32.1. The van der Waals surface area contributed by atoms with Crippen LogP contribution in [0.15, 0.2) is 53.1 Å². The number of carbonyl (C=O) groups excluding carboxylic acids is 1. The van der Waals surface area contributed by atoms with Gasteiger partial charge in [0.25, 0.3) is 5.91 Å². The first-order valence-electron chi connectivity index (χ1n) is 8.78. The molecule has 0 fully saturated rings. The molecule has 27 heavy (non-hydrogen) atoms. The molecule has 0 spiro atoms. The molecule has 4 aromatic rings. The summed E-state index contributed by atoms with van der Waals surface area (Å²) in [6.45, 7) is 6.49. The van der Waals surface area contributed by atoms with Crippen molar-refractivity contribution in [3.63, 3.8) is 0 Å². The monoisotopic (exact) mass is 377 g/mol. The van der Waals surface area contributed by atoms with E-state index in [0.29, 0.717) is 23.0 Å². The zero-order chi connectivity index (χ0) is 19.0. The summed E-state index contributed by atoms with van der Waals surface area (Å²) < 4.78 is 5.43. The number of thiophene rings is 1. The van der Waals surface area contributed by atoms with Gasteiger partial charge in [0.1, 0.15) is 4.83 Å². The molecule has 1 aromatic carbocycles. The van der Waals surface area contributed by atoms with Gasteiger partial charge in [-0.25, -0.2) is 9.97 Å². The summed E-state index contributed by atoms with van der Waals surface area (Å²) in [6, 6.07) is 13.4. The number of amides is 1. The molecular formula is C21H19N3O2S. The third-order valence-electron chi connectivity index (χ3n) is 4.54. The summed E-state index contributed by atoms with van der Waals surface area (Å²) in [5, 5.41) is 0.947. The standard InChI is InChI=1S/C21H19N3O2S/c1-4-24(15-9-6-5-7-10-15)21(25)18-13(2)17-14(3)22-19(23-20(17)27-18)16-11-8-12-26-16/h5-12H,4H2,1-3H3. The molecule has 3 aromatic heterocycles. The van der Waals surface area contributed by atoms with E-state index in [9.17, 15) is 4.79 Å². The van der Waals surface area contributed by atoms with Crippen molar-refractivity contribution in [1.82, 2.24) is 9.97 Å². The first-order valence-corrected chi connectivity index (χ1v) is 9.60. The molecular weight excluding hydrogens is 358 g/mol. The highest BCUT2D eigenvalue weighted by molar-refractivity contribution is 7.20. The molecule has 0 aliphatic rings. The Morgan fingerprint density at radius 3 is 2.56 bits per heavy atom. The molecule has 4 rings (SSSR count). The largest absolute Gasteiger partial charge is 0.461 e. The van der Waals surface area contributed by atoms with Crippen molar-refractivity contribution < 1.29 is 9.21 Å². The van der Waals surface area contributed by atoms with Crippen molar-refractivity contribution in [3.05, 3.63) is 64.9 Å². The predicted octanol–water partition coefficient (Wildman–Crippen LogP) is 5.23. The molecule has 0 N–H and O–H groups in total. The lowest BCUT2D eigenvalue weighted by atomic mass is 10.1. The van der Waals surface area contributed by atoms with Gasteiger partial charge in [-0.05, 0) is 50.6 Å². The van der Waals surface area contributed by atoms with E-state index in [1.54, 1.807) is 11.2 Å². The van der Waals surface area contributed by atoms with Gasteiger partial charge in [0.2, 0.25) is 0 Å². The molecule has 0 unspecified atom stereocenters. The lowest BCUT2D eigenvalue weighted by Crippen LogP contribution is -2.30. The second-order valence-corrected chi connectivity index (χ2v) is 7.23. The van der Waals surface area contributed by atoms with Gasteiger partial charge in [0.05, 0.1) is 16.8 Å². The van der Waals surface area contributed by atoms with E-state index in [4.69, 9.17) is 4.42 Å². The van der Waals surface area contributed by atoms with Crippen LogP contribution in [0.2, 0.25) is 0 Å². The maximum absolute atomic E-state index is 13.3. The van der Waals surface area contributed by atoms with Gasteiger partial charge in [-0.3, -0.25) is 4.79 Å². The molecule has 0 saturated carbocycles. The van der Waals surface area contributed by atoms with Crippen LogP contribution in [0, 0.1) is 13.8 Å². The van der Waals surface area contributed by atoms with Crippen molar-refractivity contribution in [3.8, 4) is 11.6 Å². The van der Waals surface area contributed by atoms with Crippen molar-refractivity contribution in [2.75, 3.05) is 11.4 Å². The number of furan rings is 1. The highest BCUT2D eigenvalue weighted by Gasteiger charge is 2.24. The van der Waals surface area contributed by atoms with E-state index in [1.165, 1.54) is 11.3 Å². The molecule has 3 heterocycles. The third kappa shape index (κ3) is 3.02. The topological polar surface area (TPSA) is 59.2 Å². The first-order chi connectivity index (χ1) is 13.1. The van der Waals surface area contributed by atoms with Crippen LogP contribution < -0.4 is 4.90 Å². The minimum Gasteiger partial charge on any atom is -0.461 e. The average molecular weight is 377 g/mol. The van der Waals surface area contributed by atoms with Gasteiger partial charge in [0.15, 0.2) is 11.6 Å². The van der Waals surface area contributed by atoms with Crippen molar-refractivity contribution in [1.29, 1.82) is 0 Å². The Labute approximate surface area is 161 Å². The summed E-state index contributed by atoms with van der Waals surface area (Å²) in [5.74, 6) is 1.15. The minimum absolute atomic E-state index is 0.0110. The fourth-order valence-corrected chi connectivity index (χ4v) is 4.41. The van der Waals surface area contributed by atoms with Gasteiger partial charge >= 0.3 is 0 Å². The number of hydrogen-bond acceptors (Lipinski definition) is 5. The van der Waals surface area contributed by atoms with Gasteiger partial charge in [-0.1, -0.05) is 18.2 Å². The number of para-hydroxylation sites is 1. The lowest BCUT2D eigenvalue weighted by Gasteiger charge is -2.20. The summed E-state index contributed by atoms with van der Waals surface area (Å²) in [6.07, 6.45) is 1.60. The maximum Gasteiger partial charge on any atom is 0.268 e. The second kappa shape index (κ2) is 6.96. The quantitative estimate of drug-likeness (QED) is 0.488. The third-order valence-corrected chi connectivity index (χ3v) is 5.71. The predicted molar refractivity (Wildman–Crippen MR) is 108 cm³/mol. The number of carbonyl (C=O) groups is 1. The van der Waals surface area contributed by atoms with Crippen LogP contribution in [0.3, 0.4) is 0 Å². The number of aromatic nitrogens is 2. The van der Waals surface area contributed by atoms with E-state index < -0.39 is 0 Å². The molecule has 1 amide bonds. The number of anilines is 1. The highest BCUT2D eigenvalue weighted by Crippen LogP contribution is 2.34. The average Bonchev–Trinajstić information content (AvgIpc) is 3.31. The fraction of sp³-hybridized carbons (Fsp3) is 0.190. The van der Waals surface area contributed by atoms with Gasteiger partial charge in [0, 0.05) is 17.6 Å². The zero-order valence-electron chi connectivity index (χ0n) is 15.4. The Kier molecular flexibility index (Phi) is 4.49. The molecule has 0 aliphatic heterocycles. The molecule has 0 radical (unpaired) electrons. The normalized spacial score (nSPS) is 11.1. The second-order valence-electron chi connectivity index (χ2n) is 6.23. The number of benzene rings is 1. The Morgan fingerprint density at radius 1 is 1.11 bits per heavy atom. The molecule has 5 nitrogen and oxygen atoms in total. The van der Waals surface area contributed by atoms with Crippen LogP contribution in [0.5, 0.6) is 0 Å². The minimum atomic E-state index is -0.0110. The van der Waals surface area contributed by atoms with Crippen molar-refractivity contribution >= 4 is 33.1 Å². The van der Waals surface area contributed by atoms with E-state index in [-0.39, 0.29) is 5.91 Å². The Bertz CT molecular complexity index is 1100. The van der Waals surface area contributed by atoms with Gasteiger partial charge in [-0.15, -0.1) is 11.3 Å². The number of rotatable bonds is 4. The summed E-state index contributed by atoms with van der Waals surface area (Å²) in [5.41, 5.74) is 2.67. The fourth-order valence-electron chi connectivity index (χ4n) is 3.23. The van der Waals surface area contributed by atoms with Gasteiger partial charge < -0.3 is 9.32 Å². The number of fused-ring (bicyclic) bond motifs is 1. The van der Waals surface area contributed by atoms with Crippen LogP contribution in [0.1, 0.15) is 27.9 Å². The first kappa shape index (κ1) is 17.4. The molecule has 6 heteroatoms. The summed E-state index contributed by atoms with van der Waals surface area (Å²) >= 11 is 1.41. The van der Waals surface area contributed by atoms with Crippen molar-refractivity contribution in [2.24, 2.45) is 0 Å². The lowest BCUT2D eigenvalue weighted by molar-refractivity contribution is 0.0991. The molecule has 136 valence electrons. The number of hydrogen-bond donors (Lipinski definition) is 0.